The Balaban J connectivity index is 0. The Labute approximate surface area is 104 Å². The summed E-state index contributed by atoms with van der Waals surface area (Å²) in [5.74, 6) is -2.22. The monoisotopic (exact) mass is 239 g/mol. The van der Waals surface area contributed by atoms with E-state index in [0.717, 1.165) is 0 Å². The molecule has 0 unspecified atom stereocenters. The quantitative estimate of drug-likeness (QED) is 0.755. The van der Waals surface area contributed by atoms with E-state index in [-0.39, 0.29) is 46.8 Å². The first-order valence-corrected chi connectivity index (χ1v) is 3.60. The average Bonchev–Trinajstić information content (AvgIpc) is 2.03. The maximum Gasteiger partial charge on any atom is 0.335 e. The van der Waals surface area contributed by atoms with Crippen molar-refractivity contribution in [3.63, 3.8) is 0 Å². The van der Waals surface area contributed by atoms with Crippen LogP contribution in [0.15, 0.2) is 18.2 Å². The number of aromatic carboxylic acids is 2. The van der Waals surface area contributed by atoms with Crippen LogP contribution in [-0.4, -0.2) is 30.6 Å². The van der Waals surface area contributed by atoms with E-state index in [1.54, 1.807) is 0 Å². The molecule has 0 fully saturated rings. The second-order valence-corrected chi connectivity index (χ2v) is 2.59. The molecule has 1 aromatic carbocycles. The van der Waals surface area contributed by atoms with Gasteiger partial charge in [-0.1, -0.05) is 6.07 Å². The number of carboxylic acid groups (broad SMARTS) is 2. The van der Waals surface area contributed by atoms with Gasteiger partial charge in [0.1, 0.15) is 0 Å². The average molecular weight is 239 g/mol. The van der Waals surface area contributed by atoms with Crippen LogP contribution in [0.25, 0.3) is 0 Å². The largest absolute Gasteiger partial charge is 0.478 e. The van der Waals surface area contributed by atoms with Gasteiger partial charge < -0.3 is 10.2 Å². The van der Waals surface area contributed by atoms with Crippen molar-refractivity contribution in [2.45, 2.75) is 6.92 Å². The minimum absolute atomic E-state index is 0. The third kappa shape index (κ3) is 3.53. The Morgan fingerprint density at radius 3 is 1.67 bits per heavy atom. The van der Waals surface area contributed by atoms with Gasteiger partial charge in [0.2, 0.25) is 0 Å². The Hall–Kier alpha value is -1.06. The Morgan fingerprint density at radius 1 is 1.07 bits per heavy atom. The number of hydrogen-bond donors (Lipinski definition) is 2. The molecular weight excluding hydrogens is 231 g/mol. The molecular formula is C9H8BO4Ti. The van der Waals surface area contributed by atoms with Crippen molar-refractivity contribution in [1.82, 2.24) is 0 Å². The van der Waals surface area contributed by atoms with Gasteiger partial charge in [0.25, 0.3) is 0 Å². The molecule has 0 aliphatic heterocycles. The first kappa shape index (κ1) is 16.4. The Morgan fingerprint density at radius 2 is 1.40 bits per heavy atom. The number of hydrogen-bond acceptors (Lipinski definition) is 2. The fourth-order valence-electron chi connectivity index (χ4n) is 1.10. The van der Waals surface area contributed by atoms with Crippen LogP contribution < -0.4 is 0 Å². The normalized spacial score (nSPS) is 8.33. The molecule has 6 heteroatoms. The number of carbonyl (C=O) groups is 2. The van der Waals surface area contributed by atoms with Crippen LogP contribution in [0.5, 0.6) is 0 Å². The zero-order chi connectivity index (χ0) is 10.0. The number of rotatable bonds is 2. The zero-order valence-electron chi connectivity index (χ0n) is 8.02. The van der Waals surface area contributed by atoms with E-state index in [1.807, 2.05) is 0 Å². The molecule has 2 N–H and O–H groups in total. The van der Waals surface area contributed by atoms with Gasteiger partial charge in [0.05, 0.1) is 11.1 Å². The summed E-state index contributed by atoms with van der Waals surface area (Å²) in [6.45, 7) is 1.48. The number of carboxylic acids is 2. The van der Waals surface area contributed by atoms with Gasteiger partial charge in [-0.15, -0.1) is 0 Å². The Kier molecular flexibility index (Phi) is 7.02. The van der Waals surface area contributed by atoms with Gasteiger partial charge in [-0.05, 0) is 24.6 Å². The van der Waals surface area contributed by atoms with Crippen LogP contribution in [-0.2, 0) is 21.7 Å². The first-order valence-electron chi connectivity index (χ1n) is 3.60. The summed E-state index contributed by atoms with van der Waals surface area (Å²) in [7, 11) is 0. The molecule has 0 aliphatic carbocycles. The predicted molar refractivity (Wildman–Crippen MR) is 50.9 cm³/mol. The van der Waals surface area contributed by atoms with Gasteiger partial charge in [-0.2, -0.15) is 0 Å². The molecule has 0 aromatic heterocycles. The van der Waals surface area contributed by atoms with Crippen molar-refractivity contribution < 1.29 is 41.5 Å². The minimum Gasteiger partial charge on any atom is -0.478 e. The van der Waals surface area contributed by atoms with Crippen LogP contribution in [0.1, 0.15) is 26.3 Å². The first-order chi connectivity index (χ1) is 6.04. The van der Waals surface area contributed by atoms with Gasteiger partial charge in [-0.25, -0.2) is 9.59 Å². The summed E-state index contributed by atoms with van der Waals surface area (Å²) >= 11 is 0. The summed E-state index contributed by atoms with van der Waals surface area (Å²) in [5, 5.41) is 17.4. The van der Waals surface area contributed by atoms with Crippen LogP contribution in [0, 0.1) is 6.92 Å². The molecule has 1 aromatic rings. The van der Waals surface area contributed by atoms with Crippen molar-refractivity contribution in [1.29, 1.82) is 0 Å². The van der Waals surface area contributed by atoms with Gasteiger partial charge in [0, 0.05) is 30.1 Å². The molecule has 0 saturated heterocycles. The van der Waals surface area contributed by atoms with Crippen molar-refractivity contribution in [2.24, 2.45) is 0 Å². The molecule has 0 atom stereocenters. The molecule has 15 heavy (non-hydrogen) atoms. The van der Waals surface area contributed by atoms with E-state index in [2.05, 4.69) is 0 Å². The molecule has 0 amide bonds. The fourth-order valence-corrected chi connectivity index (χ4v) is 1.10. The molecule has 0 saturated carbocycles. The predicted octanol–water partition coefficient (Wildman–Crippen LogP) is 1.01. The van der Waals surface area contributed by atoms with E-state index in [4.69, 9.17) is 10.2 Å². The van der Waals surface area contributed by atoms with Gasteiger partial charge in [0.15, 0.2) is 0 Å². The zero-order valence-corrected chi connectivity index (χ0v) is 9.58. The van der Waals surface area contributed by atoms with E-state index in [0.29, 0.717) is 0 Å². The second kappa shape index (κ2) is 6.43. The molecule has 75 valence electrons. The summed E-state index contributed by atoms with van der Waals surface area (Å²) in [6, 6.07) is 4.17. The maximum absolute atomic E-state index is 10.6. The van der Waals surface area contributed by atoms with E-state index < -0.39 is 11.9 Å². The fraction of sp³-hybridized carbons (Fsp3) is 0.111. The topological polar surface area (TPSA) is 74.6 Å². The van der Waals surface area contributed by atoms with Crippen LogP contribution >= 0.6 is 0 Å². The maximum atomic E-state index is 10.6. The molecule has 0 aliphatic rings. The third-order valence-electron chi connectivity index (χ3n) is 1.79. The SMILES string of the molecule is Cc1c(C(=O)O)cccc1C(=O)O.[B].[Ti]. The van der Waals surface area contributed by atoms with Crippen LogP contribution in [0.2, 0.25) is 0 Å². The second-order valence-electron chi connectivity index (χ2n) is 2.59. The van der Waals surface area contributed by atoms with E-state index >= 15 is 0 Å². The minimum atomic E-state index is -1.11. The molecule has 0 heterocycles. The third-order valence-corrected chi connectivity index (χ3v) is 1.79. The van der Waals surface area contributed by atoms with Crippen molar-refractivity contribution in [3.05, 3.63) is 34.9 Å². The van der Waals surface area contributed by atoms with E-state index in [1.165, 1.54) is 25.1 Å². The van der Waals surface area contributed by atoms with Crippen molar-refractivity contribution >= 4 is 20.4 Å². The molecule has 4 nitrogen and oxygen atoms in total. The smallest absolute Gasteiger partial charge is 0.335 e. The molecule has 1 rings (SSSR count). The standard InChI is InChI=1S/C9H8O4.B.Ti/c1-5-6(8(10)11)3-2-4-7(5)9(12)13;;/h2-4H,1H3,(H,10,11)(H,12,13);;. The molecule has 0 spiro atoms. The summed E-state index contributed by atoms with van der Waals surface area (Å²) in [5.41, 5.74) is 0.335. The summed E-state index contributed by atoms with van der Waals surface area (Å²) < 4.78 is 0. The number of benzene rings is 1. The van der Waals surface area contributed by atoms with E-state index in [9.17, 15) is 9.59 Å². The van der Waals surface area contributed by atoms with Crippen LogP contribution in [0.3, 0.4) is 0 Å². The van der Waals surface area contributed by atoms with Gasteiger partial charge in [-0.3, -0.25) is 0 Å². The van der Waals surface area contributed by atoms with Crippen molar-refractivity contribution in [2.75, 3.05) is 0 Å². The summed E-state index contributed by atoms with van der Waals surface area (Å²) in [6.07, 6.45) is 0. The summed E-state index contributed by atoms with van der Waals surface area (Å²) in [4.78, 5) is 21.2. The Bertz CT molecular complexity index is 346. The van der Waals surface area contributed by atoms with Crippen molar-refractivity contribution in [3.8, 4) is 0 Å². The van der Waals surface area contributed by atoms with Gasteiger partial charge >= 0.3 is 11.9 Å². The van der Waals surface area contributed by atoms with Crippen LogP contribution in [0.4, 0.5) is 0 Å². The molecule has 3 radical (unpaired) electrons. The molecule has 0 bridgehead atoms.